The van der Waals surface area contributed by atoms with Crippen LogP contribution in [0.3, 0.4) is 0 Å². The first-order chi connectivity index (χ1) is 9.56. The van der Waals surface area contributed by atoms with Gasteiger partial charge in [-0.1, -0.05) is 6.07 Å². The molecule has 0 fully saturated rings. The highest BCUT2D eigenvalue weighted by Gasteiger charge is 2.13. The van der Waals surface area contributed by atoms with Crippen molar-refractivity contribution in [3.05, 3.63) is 29.0 Å². The van der Waals surface area contributed by atoms with Crippen LogP contribution < -0.4 is 0 Å². The van der Waals surface area contributed by atoms with E-state index >= 15 is 0 Å². The molecule has 0 spiro atoms. The lowest BCUT2D eigenvalue weighted by molar-refractivity contribution is -0.137. The van der Waals surface area contributed by atoms with Gasteiger partial charge >= 0.3 is 5.97 Å². The van der Waals surface area contributed by atoms with Crippen molar-refractivity contribution in [2.45, 2.75) is 26.3 Å². The molecule has 0 radical (unpaired) electrons. The third kappa shape index (κ3) is 3.91. The van der Waals surface area contributed by atoms with Crippen LogP contribution in [0.1, 0.15) is 24.3 Å². The molecular formula is C14H18N2O3S. The Morgan fingerprint density at radius 3 is 3.00 bits per heavy atom. The second-order valence-corrected chi connectivity index (χ2v) is 5.68. The first-order valence-corrected chi connectivity index (χ1v) is 7.34. The van der Waals surface area contributed by atoms with Crippen molar-refractivity contribution >= 4 is 17.3 Å². The Hall–Kier alpha value is -1.66. The smallest absolute Gasteiger partial charge is 0.303 e. The molecule has 20 heavy (non-hydrogen) atoms. The quantitative estimate of drug-likeness (QED) is 0.850. The number of carboxylic acid groups (broad SMARTS) is 1. The van der Waals surface area contributed by atoms with Crippen molar-refractivity contribution in [3.8, 4) is 10.8 Å². The summed E-state index contributed by atoms with van der Waals surface area (Å²) in [5, 5.41) is 10.6. The van der Waals surface area contributed by atoms with Gasteiger partial charge in [-0.25, -0.2) is 4.98 Å². The molecule has 0 aliphatic rings. The van der Waals surface area contributed by atoms with Crippen LogP contribution in [0.25, 0.3) is 10.8 Å². The van der Waals surface area contributed by atoms with Gasteiger partial charge in [0.05, 0.1) is 10.6 Å². The Morgan fingerprint density at radius 2 is 2.35 bits per heavy atom. The highest BCUT2D eigenvalue weighted by atomic mass is 32.1. The number of hydrogen-bond donors (Lipinski definition) is 1. The SMILES string of the molecule is Cc1oc(-c2cccs2)nc1CN(C)CCCC(=O)O. The third-order valence-corrected chi connectivity index (χ3v) is 3.83. The monoisotopic (exact) mass is 294 g/mol. The zero-order valence-electron chi connectivity index (χ0n) is 11.6. The average Bonchev–Trinajstić information content (AvgIpc) is 2.99. The van der Waals surface area contributed by atoms with Crippen molar-refractivity contribution in [3.63, 3.8) is 0 Å². The Kier molecular flexibility index (Phi) is 4.92. The van der Waals surface area contributed by atoms with E-state index in [0.717, 1.165) is 22.9 Å². The van der Waals surface area contributed by atoms with Gasteiger partial charge in [0.25, 0.3) is 0 Å². The van der Waals surface area contributed by atoms with Crippen molar-refractivity contribution in [2.75, 3.05) is 13.6 Å². The second kappa shape index (κ2) is 6.67. The topological polar surface area (TPSA) is 66.6 Å². The van der Waals surface area contributed by atoms with Gasteiger partial charge in [0.15, 0.2) is 0 Å². The summed E-state index contributed by atoms with van der Waals surface area (Å²) in [4.78, 5) is 18.1. The Bertz CT molecular complexity index is 563. The molecule has 2 heterocycles. The van der Waals surface area contributed by atoms with Crippen LogP contribution in [0.2, 0.25) is 0 Å². The molecule has 5 nitrogen and oxygen atoms in total. The summed E-state index contributed by atoms with van der Waals surface area (Å²) < 4.78 is 5.68. The molecule has 6 heteroatoms. The number of thiophene rings is 1. The van der Waals surface area contributed by atoms with E-state index in [1.54, 1.807) is 11.3 Å². The predicted octanol–water partition coefficient (Wildman–Crippen LogP) is 3.01. The molecule has 108 valence electrons. The van der Waals surface area contributed by atoms with Gasteiger partial charge < -0.3 is 14.4 Å². The largest absolute Gasteiger partial charge is 0.481 e. The molecule has 2 aromatic heterocycles. The number of rotatable bonds is 7. The lowest BCUT2D eigenvalue weighted by atomic mass is 10.3. The van der Waals surface area contributed by atoms with E-state index in [2.05, 4.69) is 9.88 Å². The number of aliphatic carboxylic acids is 1. The molecule has 0 atom stereocenters. The number of carboxylic acids is 1. The first-order valence-electron chi connectivity index (χ1n) is 6.47. The van der Waals surface area contributed by atoms with Crippen molar-refractivity contribution in [2.24, 2.45) is 0 Å². The molecule has 1 N–H and O–H groups in total. The summed E-state index contributed by atoms with van der Waals surface area (Å²) >= 11 is 1.60. The lowest BCUT2D eigenvalue weighted by Gasteiger charge is -2.14. The van der Waals surface area contributed by atoms with Gasteiger partial charge in [0.2, 0.25) is 5.89 Å². The number of oxazole rings is 1. The third-order valence-electron chi connectivity index (χ3n) is 2.97. The van der Waals surface area contributed by atoms with Crippen molar-refractivity contribution in [1.82, 2.24) is 9.88 Å². The molecule has 0 saturated carbocycles. The average molecular weight is 294 g/mol. The van der Waals surface area contributed by atoms with Crippen molar-refractivity contribution in [1.29, 1.82) is 0 Å². The van der Waals surface area contributed by atoms with Gasteiger partial charge in [0, 0.05) is 13.0 Å². The number of aromatic nitrogens is 1. The van der Waals surface area contributed by atoms with Crippen LogP contribution in [-0.4, -0.2) is 34.6 Å². The van der Waals surface area contributed by atoms with E-state index < -0.39 is 5.97 Å². The van der Waals surface area contributed by atoms with E-state index in [1.807, 2.05) is 31.5 Å². The van der Waals surface area contributed by atoms with Gasteiger partial charge in [-0.15, -0.1) is 11.3 Å². The molecule has 0 unspecified atom stereocenters. The number of hydrogen-bond acceptors (Lipinski definition) is 5. The van der Waals surface area contributed by atoms with Crippen LogP contribution in [-0.2, 0) is 11.3 Å². The molecule has 0 bridgehead atoms. The van der Waals surface area contributed by atoms with Gasteiger partial charge in [-0.05, 0) is 38.4 Å². The van der Waals surface area contributed by atoms with Gasteiger partial charge in [-0.3, -0.25) is 4.79 Å². The Labute approximate surface area is 121 Å². The zero-order valence-corrected chi connectivity index (χ0v) is 12.4. The van der Waals surface area contributed by atoms with Gasteiger partial charge in [0.1, 0.15) is 5.76 Å². The van der Waals surface area contributed by atoms with E-state index in [0.29, 0.717) is 18.9 Å². The fraction of sp³-hybridized carbons (Fsp3) is 0.429. The zero-order chi connectivity index (χ0) is 14.5. The standard InChI is InChI=1S/C14H18N2O3S/c1-10-11(9-16(2)7-3-6-13(17)18)15-14(19-10)12-5-4-8-20-12/h4-5,8H,3,6-7,9H2,1-2H3,(H,17,18). The minimum absolute atomic E-state index is 0.197. The highest BCUT2D eigenvalue weighted by Crippen LogP contribution is 2.26. The van der Waals surface area contributed by atoms with Crippen molar-refractivity contribution < 1.29 is 14.3 Å². The van der Waals surface area contributed by atoms with Crippen LogP contribution in [0, 0.1) is 6.92 Å². The van der Waals surface area contributed by atoms with E-state index in [9.17, 15) is 4.79 Å². The summed E-state index contributed by atoms with van der Waals surface area (Å²) in [7, 11) is 1.96. The summed E-state index contributed by atoms with van der Waals surface area (Å²) in [6.07, 6.45) is 0.836. The summed E-state index contributed by atoms with van der Waals surface area (Å²) in [6.45, 7) is 3.30. The van der Waals surface area contributed by atoms with E-state index in [-0.39, 0.29) is 6.42 Å². The number of nitrogens with zero attached hydrogens (tertiary/aromatic N) is 2. The maximum atomic E-state index is 10.5. The Morgan fingerprint density at radius 1 is 1.55 bits per heavy atom. The number of aryl methyl sites for hydroxylation is 1. The highest BCUT2D eigenvalue weighted by molar-refractivity contribution is 7.13. The summed E-state index contributed by atoms with van der Waals surface area (Å²) in [5.41, 5.74) is 0.909. The molecule has 0 aromatic carbocycles. The minimum atomic E-state index is -0.754. The molecular weight excluding hydrogens is 276 g/mol. The minimum Gasteiger partial charge on any atom is -0.481 e. The van der Waals surface area contributed by atoms with Crippen LogP contribution >= 0.6 is 11.3 Å². The fourth-order valence-electron chi connectivity index (χ4n) is 1.92. The molecule has 2 aromatic rings. The molecule has 2 rings (SSSR count). The Balaban J connectivity index is 1.94. The molecule has 0 saturated heterocycles. The van der Waals surface area contributed by atoms with Crippen LogP contribution in [0.5, 0.6) is 0 Å². The molecule has 0 aliphatic carbocycles. The van der Waals surface area contributed by atoms with Crippen LogP contribution in [0.4, 0.5) is 0 Å². The van der Waals surface area contributed by atoms with Gasteiger partial charge in [-0.2, -0.15) is 0 Å². The van der Waals surface area contributed by atoms with E-state index in [4.69, 9.17) is 9.52 Å². The second-order valence-electron chi connectivity index (χ2n) is 4.73. The van der Waals surface area contributed by atoms with E-state index in [1.165, 1.54) is 0 Å². The first kappa shape index (κ1) is 14.7. The van der Waals surface area contributed by atoms with Crippen LogP contribution in [0.15, 0.2) is 21.9 Å². The summed E-state index contributed by atoms with van der Waals surface area (Å²) in [5.74, 6) is 0.723. The lowest BCUT2D eigenvalue weighted by Crippen LogP contribution is -2.20. The normalized spacial score (nSPS) is 11.2. The molecule has 0 aliphatic heterocycles. The maximum Gasteiger partial charge on any atom is 0.303 e. The number of carbonyl (C=O) groups is 1. The summed E-state index contributed by atoms with van der Waals surface area (Å²) in [6, 6.07) is 3.95. The predicted molar refractivity (Wildman–Crippen MR) is 77.8 cm³/mol. The fourth-order valence-corrected chi connectivity index (χ4v) is 2.56. The maximum absolute atomic E-state index is 10.5. The molecule has 0 amide bonds.